The van der Waals surface area contributed by atoms with Gasteiger partial charge in [-0.3, -0.25) is 9.69 Å². The van der Waals surface area contributed by atoms with E-state index in [1.165, 1.54) is 0 Å². The minimum atomic E-state index is -0.0979. The summed E-state index contributed by atoms with van der Waals surface area (Å²) in [7, 11) is 2.02. The van der Waals surface area contributed by atoms with Crippen molar-refractivity contribution in [2.45, 2.75) is 6.29 Å². The maximum absolute atomic E-state index is 12.5. The third-order valence-corrected chi connectivity index (χ3v) is 4.68. The Balaban J connectivity index is 0.00000182. The van der Waals surface area contributed by atoms with E-state index in [1.54, 1.807) is 18.5 Å². The van der Waals surface area contributed by atoms with Gasteiger partial charge < -0.3 is 19.5 Å². The van der Waals surface area contributed by atoms with Crippen LogP contribution in [0.4, 0.5) is 5.82 Å². The van der Waals surface area contributed by atoms with Crippen LogP contribution in [0.15, 0.2) is 30.6 Å². The molecule has 1 aromatic carbocycles. The molecule has 1 aromatic heterocycles. The van der Waals surface area contributed by atoms with E-state index in [0.29, 0.717) is 30.4 Å². The molecule has 0 aliphatic carbocycles. The molecule has 0 spiro atoms. The number of hydrogen-bond donors (Lipinski definition) is 1. The Bertz CT molecular complexity index is 753. The summed E-state index contributed by atoms with van der Waals surface area (Å²) in [6.45, 7) is 2.68. The molecular weight excluding hydrogens is 457 g/mol. The number of nitrogens with zero attached hydrogens (tertiary/aromatic N) is 4. The number of fused-ring (bicyclic) bond motifs is 2. The number of anilines is 1. The molecule has 0 bridgehead atoms. The van der Waals surface area contributed by atoms with Crippen molar-refractivity contribution in [2.24, 2.45) is 0 Å². The molecule has 2 aromatic rings. The van der Waals surface area contributed by atoms with Crippen molar-refractivity contribution in [3.05, 3.63) is 41.3 Å². The Morgan fingerprint density at radius 3 is 2.84 bits per heavy atom. The summed E-state index contributed by atoms with van der Waals surface area (Å²) in [5.41, 5.74) is 0.480. The molecule has 9 heteroatoms. The first-order valence-corrected chi connectivity index (χ1v) is 8.22. The predicted molar refractivity (Wildman–Crippen MR) is 106 cm³/mol. The number of amides is 1. The zero-order valence-corrected chi connectivity index (χ0v) is 16.8. The zero-order chi connectivity index (χ0) is 16.7. The molecule has 0 saturated carbocycles. The number of halogens is 2. The number of H-pyrrole nitrogens is 1. The topological polar surface area (TPSA) is 64.7 Å². The normalized spacial score (nSPS) is 19.4. The highest BCUT2D eigenvalue weighted by Gasteiger charge is 2.44. The summed E-state index contributed by atoms with van der Waals surface area (Å²) in [6, 6.07) is 7.29. The van der Waals surface area contributed by atoms with Gasteiger partial charge in [0, 0.05) is 18.1 Å². The first kappa shape index (κ1) is 18.3. The van der Waals surface area contributed by atoms with Gasteiger partial charge >= 0.3 is 0 Å². The van der Waals surface area contributed by atoms with Crippen LogP contribution in [0, 0.1) is 0 Å². The van der Waals surface area contributed by atoms with Crippen LogP contribution >= 0.6 is 35.6 Å². The van der Waals surface area contributed by atoms with E-state index in [-0.39, 0.29) is 36.2 Å². The van der Waals surface area contributed by atoms with E-state index < -0.39 is 0 Å². The number of nitrogens with one attached hydrogen (secondary N) is 1. The predicted octanol–water partition coefficient (Wildman–Crippen LogP) is 2.25. The van der Waals surface area contributed by atoms with Crippen LogP contribution in [0.5, 0.6) is 5.75 Å². The van der Waals surface area contributed by atoms with Gasteiger partial charge in [0.25, 0.3) is 5.91 Å². The fraction of sp³-hybridized carbons (Fsp3) is 0.375. The summed E-state index contributed by atoms with van der Waals surface area (Å²) in [5, 5.41) is 0.683. The molecule has 1 unspecified atom stereocenters. The number of aromatic amines is 1. The number of ether oxygens (including phenoxy) is 1. The molecule has 1 fully saturated rings. The van der Waals surface area contributed by atoms with E-state index >= 15 is 0 Å². The maximum Gasteiger partial charge on any atom is 0.279 e. The molecule has 25 heavy (non-hydrogen) atoms. The molecule has 1 amide bonds. The molecular formula is C16H19ClIN5O2. The Hall–Kier alpha value is -1.52. The molecule has 2 aliphatic rings. The number of imidazole rings is 1. The summed E-state index contributed by atoms with van der Waals surface area (Å²) in [4.78, 5) is 25.9. The monoisotopic (exact) mass is 475 g/mol. The summed E-state index contributed by atoms with van der Waals surface area (Å²) in [5.74, 6) is 1.51. The fourth-order valence-electron chi connectivity index (χ4n) is 3.28. The van der Waals surface area contributed by atoms with Crippen LogP contribution in [0.2, 0.25) is 5.02 Å². The van der Waals surface area contributed by atoms with E-state index in [1.807, 2.05) is 24.1 Å². The van der Waals surface area contributed by atoms with Crippen molar-refractivity contribution < 1.29 is 9.53 Å². The third-order valence-electron chi connectivity index (χ3n) is 4.43. The van der Waals surface area contributed by atoms with Gasteiger partial charge in [-0.05, 0) is 31.3 Å². The molecule has 3 heterocycles. The number of likely N-dealkylation sites (N-methyl/N-ethyl adjacent to an activating group) is 1. The summed E-state index contributed by atoms with van der Waals surface area (Å²) < 4.78 is 5.81. The molecule has 1 N–H and O–H groups in total. The van der Waals surface area contributed by atoms with Crippen molar-refractivity contribution in [3.8, 4) is 5.75 Å². The Morgan fingerprint density at radius 2 is 2.08 bits per heavy atom. The average molecular weight is 476 g/mol. The number of carbonyl (C=O) groups is 1. The molecule has 7 nitrogen and oxygen atoms in total. The van der Waals surface area contributed by atoms with Crippen LogP contribution in [0.3, 0.4) is 0 Å². The van der Waals surface area contributed by atoms with Crippen LogP contribution in [-0.4, -0.2) is 65.3 Å². The van der Waals surface area contributed by atoms with Crippen LogP contribution < -0.4 is 9.64 Å². The van der Waals surface area contributed by atoms with Gasteiger partial charge in [0.15, 0.2) is 12.0 Å². The quantitative estimate of drug-likeness (QED) is 0.687. The highest BCUT2D eigenvalue weighted by atomic mass is 127. The van der Waals surface area contributed by atoms with E-state index in [4.69, 9.17) is 16.3 Å². The van der Waals surface area contributed by atoms with E-state index in [2.05, 4.69) is 19.8 Å². The number of rotatable bonds is 4. The second-order valence-corrected chi connectivity index (χ2v) is 6.36. The molecule has 1 saturated heterocycles. The second kappa shape index (κ2) is 7.38. The smallest absolute Gasteiger partial charge is 0.279 e. The first-order chi connectivity index (χ1) is 11.6. The van der Waals surface area contributed by atoms with E-state index in [9.17, 15) is 4.79 Å². The Kier molecular flexibility index (Phi) is 5.40. The number of benzene rings is 1. The summed E-state index contributed by atoms with van der Waals surface area (Å²) >= 11 is 5.88. The molecule has 2 aliphatic heterocycles. The van der Waals surface area contributed by atoms with Gasteiger partial charge in [0.1, 0.15) is 18.2 Å². The van der Waals surface area contributed by atoms with Crippen molar-refractivity contribution >= 4 is 47.3 Å². The molecule has 0 radical (unpaired) electrons. The molecule has 1 atom stereocenters. The zero-order valence-electron chi connectivity index (χ0n) is 13.7. The molecule has 4 rings (SSSR count). The lowest BCUT2D eigenvalue weighted by Crippen LogP contribution is -2.57. The second-order valence-electron chi connectivity index (χ2n) is 5.92. The lowest BCUT2D eigenvalue weighted by molar-refractivity contribution is 0.0613. The standard InChI is InChI=1S/C16H18ClN5O2.HI/c1-20-6-7-22-15(23)13-14(19-10-18-13)21(16(20)22)8-9-24-12-4-2-11(17)3-5-12;/h2-5,10,16H,6-9H2,1H3,(H,18,19);1H. The van der Waals surface area contributed by atoms with Gasteiger partial charge in [-0.1, -0.05) is 11.6 Å². The SMILES string of the molecule is CN1CCN2C(=O)c3nc[nH]c3N(CCOc3ccc(Cl)cc3)C12.I. The molecule has 134 valence electrons. The van der Waals surface area contributed by atoms with Crippen molar-refractivity contribution in [1.82, 2.24) is 19.8 Å². The Labute approximate surface area is 167 Å². The highest BCUT2D eigenvalue weighted by Crippen LogP contribution is 2.31. The fourth-order valence-corrected chi connectivity index (χ4v) is 3.41. The lowest BCUT2D eigenvalue weighted by Gasteiger charge is -2.41. The third kappa shape index (κ3) is 3.30. The van der Waals surface area contributed by atoms with Crippen molar-refractivity contribution in [2.75, 3.05) is 38.2 Å². The van der Waals surface area contributed by atoms with Gasteiger partial charge in [0.05, 0.1) is 12.9 Å². The first-order valence-electron chi connectivity index (χ1n) is 7.85. The van der Waals surface area contributed by atoms with Gasteiger partial charge in [-0.25, -0.2) is 4.98 Å². The number of carbonyl (C=O) groups excluding carboxylic acids is 1. The van der Waals surface area contributed by atoms with Crippen molar-refractivity contribution in [1.29, 1.82) is 0 Å². The summed E-state index contributed by atoms with van der Waals surface area (Å²) in [6.07, 6.45) is 1.47. The van der Waals surface area contributed by atoms with Crippen LogP contribution in [-0.2, 0) is 0 Å². The van der Waals surface area contributed by atoms with Gasteiger partial charge in [-0.2, -0.15) is 0 Å². The van der Waals surface area contributed by atoms with E-state index in [0.717, 1.165) is 18.1 Å². The highest BCUT2D eigenvalue weighted by molar-refractivity contribution is 14.0. The average Bonchev–Trinajstić information content (AvgIpc) is 3.20. The van der Waals surface area contributed by atoms with Gasteiger partial charge in [-0.15, -0.1) is 24.0 Å². The minimum absolute atomic E-state index is 0. The Morgan fingerprint density at radius 1 is 1.32 bits per heavy atom. The van der Waals surface area contributed by atoms with Crippen LogP contribution in [0.25, 0.3) is 0 Å². The van der Waals surface area contributed by atoms with Crippen LogP contribution in [0.1, 0.15) is 10.5 Å². The number of aromatic nitrogens is 2. The minimum Gasteiger partial charge on any atom is -0.492 e. The van der Waals surface area contributed by atoms with Gasteiger partial charge in [0.2, 0.25) is 0 Å². The van der Waals surface area contributed by atoms with Crippen molar-refractivity contribution in [3.63, 3.8) is 0 Å². The largest absolute Gasteiger partial charge is 0.492 e. The number of hydrogen-bond acceptors (Lipinski definition) is 5. The maximum atomic E-state index is 12.5. The lowest BCUT2D eigenvalue weighted by atomic mass is 10.2.